The fraction of sp³-hybridized carbons (Fsp3) is 0. The summed E-state index contributed by atoms with van der Waals surface area (Å²) in [7, 11) is 10.2. The maximum absolute atomic E-state index is 10.1. The van der Waals surface area contributed by atoms with Crippen molar-refractivity contribution in [3.63, 3.8) is 0 Å². The van der Waals surface area contributed by atoms with Gasteiger partial charge in [-0.25, -0.2) is 0 Å². The summed E-state index contributed by atoms with van der Waals surface area (Å²) in [4.78, 5) is 9.40. The first-order valence-electron chi connectivity index (χ1n) is 2.36. The molecule has 5 nitrogen and oxygen atoms in total. The monoisotopic (exact) mass is 133 g/mol. The fourth-order valence-electron chi connectivity index (χ4n) is 0.556. The van der Waals surface area contributed by atoms with Crippen LogP contribution in [0.25, 0.3) is 0 Å². The Morgan fingerprint density at radius 2 is 2.20 bits per heavy atom. The number of rotatable bonds is 1. The van der Waals surface area contributed by atoms with Crippen molar-refractivity contribution in [1.29, 1.82) is 0 Å². The fourth-order valence-corrected chi connectivity index (χ4v) is 0.556. The standard InChI is InChI=1S/C3HB2N3O2/c4-2-1(8(9)10)3(5)7-6-2/h(H,6,7). The first kappa shape index (κ1) is 6.85. The molecule has 0 fully saturated rings. The van der Waals surface area contributed by atoms with E-state index in [1.807, 2.05) is 0 Å². The lowest BCUT2D eigenvalue weighted by Crippen LogP contribution is -2.14. The van der Waals surface area contributed by atoms with E-state index in [9.17, 15) is 10.1 Å². The van der Waals surface area contributed by atoms with Gasteiger partial charge in [-0.3, -0.25) is 15.2 Å². The summed E-state index contributed by atoms with van der Waals surface area (Å²) < 4.78 is 0. The predicted molar refractivity (Wildman–Crippen MR) is 36.0 cm³/mol. The van der Waals surface area contributed by atoms with Crippen LogP contribution in [0, 0.1) is 10.1 Å². The van der Waals surface area contributed by atoms with Crippen molar-refractivity contribution in [1.82, 2.24) is 10.2 Å². The molecule has 10 heavy (non-hydrogen) atoms. The molecule has 0 aliphatic carbocycles. The number of hydrogen-bond acceptors (Lipinski definition) is 3. The van der Waals surface area contributed by atoms with Crippen LogP contribution in [-0.2, 0) is 0 Å². The molecule has 1 rings (SSSR count). The van der Waals surface area contributed by atoms with Crippen LogP contribution in [0.4, 0.5) is 5.69 Å². The Labute approximate surface area is 58.8 Å². The molecule has 46 valence electrons. The van der Waals surface area contributed by atoms with Crippen molar-refractivity contribution in [3.8, 4) is 0 Å². The van der Waals surface area contributed by atoms with E-state index in [4.69, 9.17) is 15.7 Å². The molecule has 1 aromatic rings. The van der Waals surface area contributed by atoms with E-state index in [0.717, 1.165) is 0 Å². The van der Waals surface area contributed by atoms with Gasteiger partial charge in [-0.15, -0.1) is 0 Å². The van der Waals surface area contributed by atoms with Crippen molar-refractivity contribution in [3.05, 3.63) is 10.1 Å². The van der Waals surface area contributed by atoms with Gasteiger partial charge in [0.25, 0.3) is 5.69 Å². The highest BCUT2D eigenvalue weighted by Gasteiger charge is 2.15. The largest absolute Gasteiger partial charge is 0.291 e. The second-order valence-corrected chi connectivity index (χ2v) is 1.63. The maximum Gasteiger partial charge on any atom is 0.291 e. The molecule has 4 radical (unpaired) electrons. The third kappa shape index (κ3) is 0.896. The molecule has 0 aliphatic heterocycles. The molecule has 0 amide bonds. The van der Waals surface area contributed by atoms with E-state index in [-0.39, 0.29) is 16.9 Å². The summed E-state index contributed by atoms with van der Waals surface area (Å²) in [6.07, 6.45) is 0. The van der Waals surface area contributed by atoms with E-state index in [1.165, 1.54) is 0 Å². The highest BCUT2D eigenvalue weighted by molar-refractivity contribution is 6.40. The molecule has 0 saturated heterocycles. The number of nitrogens with one attached hydrogen (secondary N) is 1. The highest BCUT2D eigenvalue weighted by atomic mass is 16.6. The summed E-state index contributed by atoms with van der Waals surface area (Å²) in [5, 5.41) is 15.6. The number of aromatic nitrogens is 2. The lowest BCUT2D eigenvalue weighted by atomic mass is 9.96. The summed E-state index contributed by atoms with van der Waals surface area (Å²) in [5.41, 5.74) is -0.676. The van der Waals surface area contributed by atoms with Crippen LogP contribution in [0.5, 0.6) is 0 Å². The zero-order chi connectivity index (χ0) is 7.72. The molecular weight excluding hydrogens is 132 g/mol. The Morgan fingerprint density at radius 1 is 1.60 bits per heavy atom. The number of nitro groups is 1. The summed E-state index contributed by atoms with van der Waals surface area (Å²) in [6.45, 7) is 0. The summed E-state index contributed by atoms with van der Waals surface area (Å²) >= 11 is 0. The van der Waals surface area contributed by atoms with Gasteiger partial charge in [0.15, 0.2) is 15.7 Å². The quantitative estimate of drug-likeness (QED) is 0.271. The van der Waals surface area contributed by atoms with Gasteiger partial charge in [-0.1, -0.05) is 0 Å². The third-order valence-electron chi connectivity index (χ3n) is 0.977. The molecular formula is C3HB2N3O2. The number of nitrogens with zero attached hydrogens (tertiary/aromatic N) is 2. The molecule has 0 aliphatic rings. The molecule has 1 aromatic heterocycles. The minimum Gasteiger partial charge on any atom is -0.287 e. The molecule has 1 N–H and O–H groups in total. The molecule has 0 aromatic carbocycles. The predicted octanol–water partition coefficient (Wildman–Crippen LogP) is -2.09. The van der Waals surface area contributed by atoms with Gasteiger partial charge >= 0.3 is 0 Å². The Morgan fingerprint density at radius 3 is 2.40 bits per heavy atom. The molecule has 0 atom stereocenters. The van der Waals surface area contributed by atoms with Crippen LogP contribution in [-0.4, -0.2) is 30.8 Å². The van der Waals surface area contributed by atoms with Crippen LogP contribution >= 0.6 is 0 Å². The maximum atomic E-state index is 10.1. The first-order valence-corrected chi connectivity index (χ1v) is 2.36. The zero-order valence-corrected chi connectivity index (χ0v) is 4.87. The van der Waals surface area contributed by atoms with Gasteiger partial charge in [-0.05, 0) is 0 Å². The minimum absolute atomic E-state index is 0.123. The average Bonchev–Trinajstić information content (AvgIpc) is 2.11. The third-order valence-corrected chi connectivity index (χ3v) is 0.977. The zero-order valence-electron chi connectivity index (χ0n) is 4.87. The van der Waals surface area contributed by atoms with Crippen LogP contribution in [0.2, 0.25) is 0 Å². The van der Waals surface area contributed by atoms with Gasteiger partial charge in [0.2, 0.25) is 0 Å². The second kappa shape index (κ2) is 2.17. The molecule has 0 unspecified atom stereocenters. The topological polar surface area (TPSA) is 71.8 Å². The van der Waals surface area contributed by atoms with Crippen LogP contribution in [0.1, 0.15) is 0 Å². The van der Waals surface area contributed by atoms with E-state index in [0.29, 0.717) is 0 Å². The van der Waals surface area contributed by atoms with Gasteiger partial charge < -0.3 is 0 Å². The van der Waals surface area contributed by atoms with E-state index in [2.05, 4.69) is 10.2 Å². The normalized spacial score (nSPS) is 9.60. The molecule has 7 heteroatoms. The van der Waals surface area contributed by atoms with Gasteiger partial charge in [0.1, 0.15) is 0 Å². The molecule has 0 saturated carbocycles. The van der Waals surface area contributed by atoms with E-state index >= 15 is 0 Å². The Hall–Kier alpha value is -1.26. The molecule has 1 heterocycles. The van der Waals surface area contributed by atoms with Gasteiger partial charge in [0.05, 0.1) is 16.1 Å². The van der Waals surface area contributed by atoms with E-state index < -0.39 is 4.92 Å². The average molecular weight is 133 g/mol. The number of aromatic amines is 1. The van der Waals surface area contributed by atoms with E-state index in [1.54, 1.807) is 0 Å². The van der Waals surface area contributed by atoms with Crippen LogP contribution in [0.3, 0.4) is 0 Å². The summed E-state index contributed by atoms with van der Waals surface area (Å²) in [6, 6.07) is 0. The molecule has 0 bridgehead atoms. The summed E-state index contributed by atoms with van der Waals surface area (Å²) in [5.74, 6) is 0. The van der Waals surface area contributed by atoms with Crippen molar-refractivity contribution in [2.24, 2.45) is 0 Å². The second-order valence-electron chi connectivity index (χ2n) is 1.63. The van der Waals surface area contributed by atoms with Crippen LogP contribution in [0.15, 0.2) is 0 Å². The van der Waals surface area contributed by atoms with Crippen molar-refractivity contribution >= 4 is 32.6 Å². The SMILES string of the molecule is [B]c1n[nH]c([B])c1[N+](=O)[O-]. The van der Waals surface area contributed by atoms with Crippen molar-refractivity contribution < 1.29 is 4.92 Å². The molecule has 0 spiro atoms. The van der Waals surface area contributed by atoms with Crippen molar-refractivity contribution in [2.75, 3.05) is 0 Å². The Balaban J connectivity index is 3.23. The lowest BCUT2D eigenvalue weighted by molar-refractivity contribution is -0.382. The Bertz CT molecular complexity index is 251. The van der Waals surface area contributed by atoms with Crippen molar-refractivity contribution in [2.45, 2.75) is 0 Å². The number of hydrogen-bond donors (Lipinski definition) is 1. The Kier molecular flexibility index (Phi) is 1.48. The number of H-pyrrole nitrogens is 1. The first-order chi connectivity index (χ1) is 4.63. The minimum atomic E-state index is -0.686. The van der Waals surface area contributed by atoms with Gasteiger partial charge in [-0.2, -0.15) is 5.10 Å². The van der Waals surface area contributed by atoms with Gasteiger partial charge in [0, 0.05) is 0 Å². The lowest BCUT2D eigenvalue weighted by Gasteiger charge is -1.86. The van der Waals surface area contributed by atoms with Crippen LogP contribution < -0.4 is 11.2 Å². The smallest absolute Gasteiger partial charge is 0.287 e. The highest BCUT2D eigenvalue weighted by Crippen LogP contribution is 1.96.